The zero-order valence-corrected chi connectivity index (χ0v) is 13.9. The predicted octanol–water partition coefficient (Wildman–Crippen LogP) is 4.33. The summed E-state index contributed by atoms with van der Waals surface area (Å²) in [7, 11) is 0. The van der Waals surface area contributed by atoms with Crippen LogP contribution in [0.1, 0.15) is 16.7 Å². The van der Waals surface area contributed by atoms with Crippen molar-refractivity contribution in [2.24, 2.45) is 0 Å². The highest BCUT2D eigenvalue weighted by molar-refractivity contribution is 5.47. The number of benzene rings is 3. The third-order valence-corrected chi connectivity index (χ3v) is 4.21. The molecule has 0 saturated heterocycles. The summed E-state index contributed by atoms with van der Waals surface area (Å²) < 4.78 is 19.1. The van der Waals surface area contributed by atoms with Gasteiger partial charge in [0.2, 0.25) is 0 Å². The second kappa shape index (κ2) is 8.06. The molecule has 2 nitrogen and oxygen atoms in total. The Bertz CT molecular complexity index is 663. The van der Waals surface area contributed by atoms with Gasteiger partial charge >= 0.3 is 0 Å². The number of hydrogen-bond acceptors (Lipinski definition) is 2. The lowest BCUT2D eigenvalue weighted by molar-refractivity contribution is -0.0437. The average Bonchev–Trinajstić information content (AvgIpc) is 2.71. The predicted molar refractivity (Wildman–Crippen MR) is 97.1 cm³/mol. The summed E-state index contributed by atoms with van der Waals surface area (Å²) in [6, 6.07) is 29.5. The van der Waals surface area contributed by atoms with Gasteiger partial charge < -0.3 is 9.84 Å². The molecule has 3 aromatic carbocycles. The number of halogens is 1. The highest BCUT2D eigenvalue weighted by Crippen LogP contribution is 2.40. The van der Waals surface area contributed by atoms with Crippen molar-refractivity contribution in [1.29, 1.82) is 0 Å². The lowest BCUT2D eigenvalue weighted by Gasteiger charge is -2.36. The smallest absolute Gasteiger partial charge is 0.143 e. The van der Waals surface area contributed by atoms with E-state index in [9.17, 15) is 9.50 Å². The van der Waals surface area contributed by atoms with E-state index in [1.165, 1.54) is 0 Å². The number of alkyl halides is 1. The standard InChI is InChI=1S/C22H21FO2/c23-16-21(24)17-25-22(18-10-4-1-5-11-18,19-12-6-2-7-13-19)20-14-8-3-9-15-20/h1-15,21,24H,16-17H2/t21-/m0/s1. The van der Waals surface area contributed by atoms with Crippen molar-refractivity contribution in [3.8, 4) is 0 Å². The van der Waals surface area contributed by atoms with Gasteiger partial charge in [-0.1, -0.05) is 91.0 Å². The first-order valence-corrected chi connectivity index (χ1v) is 8.32. The lowest BCUT2D eigenvalue weighted by Crippen LogP contribution is -2.36. The van der Waals surface area contributed by atoms with Gasteiger partial charge in [-0.15, -0.1) is 0 Å². The van der Waals surface area contributed by atoms with Crippen LogP contribution in [0.15, 0.2) is 91.0 Å². The minimum atomic E-state index is -1.16. The summed E-state index contributed by atoms with van der Waals surface area (Å²) >= 11 is 0. The van der Waals surface area contributed by atoms with Gasteiger partial charge in [-0.05, 0) is 16.7 Å². The van der Waals surface area contributed by atoms with Crippen molar-refractivity contribution in [3.05, 3.63) is 108 Å². The van der Waals surface area contributed by atoms with Crippen LogP contribution in [0.4, 0.5) is 4.39 Å². The van der Waals surface area contributed by atoms with Crippen molar-refractivity contribution in [2.75, 3.05) is 13.3 Å². The Balaban J connectivity index is 2.20. The van der Waals surface area contributed by atoms with Crippen LogP contribution in [0.25, 0.3) is 0 Å². The summed E-state index contributed by atoms with van der Waals surface area (Å²) in [5.74, 6) is 0. The highest BCUT2D eigenvalue weighted by Gasteiger charge is 2.37. The van der Waals surface area contributed by atoms with Crippen LogP contribution >= 0.6 is 0 Å². The Morgan fingerprint density at radius 3 is 1.40 bits per heavy atom. The molecule has 3 rings (SSSR count). The molecule has 3 heteroatoms. The van der Waals surface area contributed by atoms with E-state index in [4.69, 9.17) is 4.74 Å². The first kappa shape index (κ1) is 17.3. The minimum Gasteiger partial charge on any atom is -0.388 e. The summed E-state index contributed by atoms with van der Waals surface area (Å²) in [5, 5.41) is 9.76. The van der Waals surface area contributed by atoms with E-state index < -0.39 is 18.4 Å². The van der Waals surface area contributed by atoms with Crippen LogP contribution in [-0.2, 0) is 10.3 Å². The van der Waals surface area contributed by atoms with Gasteiger partial charge in [0.25, 0.3) is 0 Å². The molecule has 0 aliphatic heterocycles. The van der Waals surface area contributed by atoms with E-state index in [0.717, 1.165) is 16.7 Å². The quantitative estimate of drug-likeness (QED) is 0.651. The molecule has 128 valence electrons. The molecule has 0 saturated carbocycles. The van der Waals surface area contributed by atoms with Crippen LogP contribution in [0.3, 0.4) is 0 Å². The van der Waals surface area contributed by atoms with Crippen LogP contribution in [0.5, 0.6) is 0 Å². The van der Waals surface area contributed by atoms with Gasteiger partial charge in [0.15, 0.2) is 0 Å². The molecule has 0 amide bonds. The largest absolute Gasteiger partial charge is 0.388 e. The monoisotopic (exact) mass is 336 g/mol. The SMILES string of the molecule is O[C@@H](CF)COC(c1ccccc1)(c1ccccc1)c1ccccc1. The maximum absolute atomic E-state index is 12.8. The molecule has 0 fully saturated rings. The van der Waals surface area contributed by atoms with Gasteiger partial charge in [0, 0.05) is 0 Å². The Labute approximate surface area is 147 Å². The number of rotatable bonds is 7. The van der Waals surface area contributed by atoms with Gasteiger partial charge in [0.1, 0.15) is 18.4 Å². The third-order valence-electron chi connectivity index (χ3n) is 4.21. The fourth-order valence-corrected chi connectivity index (χ4v) is 3.03. The summed E-state index contributed by atoms with van der Waals surface area (Å²) in [4.78, 5) is 0. The molecular formula is C22H21FO2. The first-order valence-electron chi connectivity index (χ1n) is 8.32. The van der Waals surface area contributed by atoms with E-state index in [2.05, 4.69) is 0 Å². The van der Waals surface area contributed by atoms with E-state index in [1.54, 1.807) is 0 Å². The zero-order chi connectivity index (χ0) is 17.5. The van der Waals surface area contributed by atoms with E-state index in [1.807, 2.05) is 91.0 Å². The van der Waals surface area contributed by atoms with E-state index >= 15 is 0 Å². The molecule has 0 heterocycles. The fraction of sp³-hybridized carbons (Fsp3) is 0.182. The Morgan fingerprint density at radius 1 is 0.720 bits per heavy atom. The van der Waals surface area contributed by atoms with Crippen molar-refractivity contribution >= 4 is 0 Å². The molecule has 3 aromatic rings. The van der Waals surface area contributed by atoms with Gasteiger partial charge in [0.05, 0.1) is 6.61 Å². The molecule has 1 atom stereocenters. The molecular weight excluding hydrogens is 315 g/mol. The third kappa shape index (κ3) is 3.63. The molecule has 0 bridgehead atoms. The lowest BCUT2D eigenvalue weighted by atomic mass is 9.80. The molecule has 0 aliphatic rings. The van der Waals surface area contributed by atoms with Crippen molar-refractivity contribution in [3.63, 3.8) is 0 Å². The number of ether oxygens (including phenoxy) is 1. The van der Waals surface area contributed by atoms with Crippen LogP contribution in [0, 0.1) is 0 Å². The second-order valence-electron chi connectivity index (χ2n) is 5.90. The molecule has 25 heavy (non-hydrogen) atoms. The van der Waals surface area contributed by atoms with E-state index in [0.29, 0.717) is 0 Å². The maximum atomic E-state index is 12.8. The fourth-order valence-electron chi connectivity index (χ4n) is 3.03. The topological polar surface area (TPSA) is 29.5 Å². The molecule has 0 radical (unpaired) electrons. The van der Waals surface area contributed by atoms with Gasteiger partial charge in [-0.3, -0.25) is 0 Å². The normalized spacial score (nSPS) is 12.7. The molecule has 0 aromatic heterocycles. The van der Waals surface area contributed by atoms with Crippen molar-refractivity contribution < 1.29 is 14.2 Å². The van der Waals surface area contributed by atoms with Crippen LogP contribution in [0.2, 0.25) is 0 Å². The average molecular weight is 336 g/mol. The second-order valence-corrected chi connectivity index (χ2v) is 5.90. The zero-order valence-electron chi connectivity index (χ0n) is 13.9. The summed E-state index contributed by atoms with van der Waals surface area (Å²) in [6.07, 6.45) is -1.16. The number of hydrogen-bond donors (Lipinski definition) is 1. The Morgan fingerprint density at radius 2 is 1.08 bits per heavy atom. The number of aliphatic hydroxyl groups is 1. The Hall–Kier alpha value is -2.49. The minimum absolute atomic E-state index is 0.102. The van der Waals surface area contributed by atoms with Crippen LogP contribution in [-0.4, -0.2) is 24.5 Å². The first-order chi connectivity index (χ1) is 12.3. The van der Waals surface area contributed by atoms with Crippen LogP contribution < -0.4 is 0 Å². The van der Waals surface area contributed by atoms with Gasteiger partial charge in [-0.2, -0.15) is 0 Å². The van der Waals surface area contributed by atoms with Crippen molar-refractivity contribution in [2.45, 2.75) is 11.7 Å². The Kier molecular flexibility index (Phi) is 5.59. The summed E-state index contributed by atoms with van der Waals surface area (Å²) in [6.45, 7) is -0.941. The molecule has 0 spiro atoms. The molecule has 1 N–H and O–H groups in total. The van der Waals surface area contributed by atoms with Gasteiger partial charge in [-0.25, -0.2) is 4.39 Å². The van der Waals surface area contributed by atoms with Crippen molar-refractivity contribution in [1.82, 2.24) is 0 Å². The number of aliphatic hydroxyl groups excluding tert-OH is 1. The maximum Gasteiger partial charge on any atom is 0.143 e. The molecule has 0 unspecified atom stereocenters. The van der Waals surface area contributed by atoms with E-state index in [-0.39, 0.29) is 6.61 Å². The highest BCUT2D eigenvalue weighted by atomic mass is 19.1. The molecule has 0 aliphatic carbocycles. The summed E-state index contributed by atoms with van der Waals surface area (Å²) in [5.41, 5.74) is 1.87.